The lowest BCUT2D eigenvalue weighted by atomic mass is 10.2. The zero-order valence-corrected chi connectivity index (χ0v) is 10.5. The van der Waals surface area contributed by atoms with Gasteiger partial charge in [0.2, 0.25) is 0 Å². The maximum Gasteiger partial charge on any atom is 0.322 e. The highest BCUT2D eigenvalue weighted by molar-refractivity contribution is 6.05. The second-order valence-corrected chi connectivity index (χ2v) is 4.31. The molecule has 1 fully saturated rings. The number of carbonyl (C=O) groups excluding carboxylic acids is 2. The molecule has 1 aliphatic rings. The van der Waals surface area contributed by atoms with Crippen molar-refractivity contribution in [3.63, 3.8) is 0 Å². The molecule has 1 saturated heterocycles. The fraction of sp³-hybridized carbons (Fsp3) is 0.667. The molecule has 2 N–H and O–H groups in total. The Bertz CT molecular complexity index is 302. The first kappa shape index (κ1) is 13.7. The third kappa shape index (κ3) is 4.99. The highest BCUT2D eigenvalue weighted by Crippen LogP contribution is 1.98. The van der Waals surface area contributed by atoms with Crippen LogP contribution in [-0.2, 0) is 4.79 Å². The maximum absolute atomic E-state index is 11.2. The van der Waals surface area contributed by atoms with Gasteiger partial charge in [-0.05, 0) is 26.4 Å². The lowest BCUT2D eigenvalue weighted by Crippen LogP contribution is -2.26. The van der Waals surface area contributed by atoms with Gasteiger partial charge in [-0.2, -0.15) is 0 Å². The molecule has 1 rings (SSSR count). The number of nitrogens with zero attached hydrogens (tertiary/aromatic N) is 1. The molecule has 0 aromatic heterocycles. The Kier molecular flexibility index (Phi) is 5.69. The minimum absolute atomic E-state index is 0.273. The number of hydrogen-bond acceptors (Lipinski definition) is 3. The average Bonchev–Trinajstić information content (AvgIpc) is 2.60. The van der Waals surface area contributed by atoms with Crippen molar-refractivity contribution in [1.29, 1.82) is 0 Å². The molecule has 0 spiro atoms. The number of carbonyl (C=O) groups is 2. The highest BCUT2D eigenvalue weighted by Gasteiger charge is 2.26. The van der Waals surface area contributed by atoms with Crippen LogP contribution in [0.3, 0.4) is 0 Å². The summed E-state index contributed by atoms with van der Waals surface area (Å²) in [5.74, 6) is -0.273. The summed E-state index contributed by atoms with van der Waals surface area (Å²) in [5, 5.41) is 4.72. The molecule has 1 aliphatic heterocycles. The summed E-state index contributed by atoms with van der Waals surface area (Å²) < 4.78 is 0. The van der Waals surface area contributed by atoms with Crippen molar-refractivity contribution in [3.8, 4) is 0 Å². The van der Waals surface area contributed by atoms with Gasteiger partial charge in [0, 0.05) is 6.54 Å². The fourth-order valence-electron chi connectivity index (χ4n) is 1.64. The van der Waals surface area contributed by atoms with Crippen molar-refractivity contribution in [2.75, 3.05) is 20.1 Å². The van der Waals surface area contributed by atoms with E-state index in [0.717, 1.165) is 19.5 Å². The van der Waals surface area contributed by atoms with E-state index in [1.165, 1.54) is 12.8 Å². The minimum Gasteiger partial charge on any atom is -0.322 e. The Balaban J connectivity index is 2.17. The van der Waals surface area contributed by atoms with E-state index in [9.17, 15) is 9.59 Å². The molecule has 3 amide bonds. The molecule has 1 atom stereocenters. The summed E-state index contributed by atoms with van der Waals surface area (Å²) in [4.78, 5) is 24.3. The second-order valence-electron chi connectivity index (χ2n) is 4.31. The Morgan fingerprint density at radius 1 is 1.35 bits per heavy atom. The molecule has 1 heterocycles. The number of hydrogen-bond donors (Lipinski definition) is 2. The van der Waals surface area contributed by atoms with Crippen LogP contribution in [0.1, 0.15) is 26.2 Å². The van der Waals surface area contributed by atoms with Crippen LogP contribution in [0, 0.1) is 0 Å². The molecule has 5 nitrogen and oxygen atoms in total. The van der Waals surface area contributed by atoms with Gasteiger partial charge in [-0.3, -0.25) is 10.1 Å². The normalized spacial score (nSPS) is 20.1. The molecule has 96 valence electrons. The third-order valence-corrected chi connectivity index (χ3v) is 2.71. The lowest BCUT2D eigenvalue weighted by molar-refractivity contribution is -0.119. The van der Waals surface area contributed by atoms with Crippen molar-refractivity contribution in [2.45, 2.75) is 32.2 Å². The third-order valence-electron chi connectivity index (χ3n) is 2.71. The summed E-state index contributed by atoms with van der Waals surface area (Å²) in [5.41, 5.74) is 0. The Hall–Kier alpha value is -1.36. The van der Waals surface area contributed by atoms with Crippen molar-refractivity contribution < 1.29 is 9.59 Å². The molecule has 0 bridgehead atoms. The summed E-state index contributed by atoms with van der Waals surface area (Å²) in [6.45, 7) is 4.25. The maximum atomic E-state index is 11.2. The van der Waals surface area contributed by atoms with E-state index in [4.69, 9.17) is 0 Å². The van der Waals surface area contributed by atoms with Gasteiger partial charge in [0.15, 0.2) is 0 Å². The first-order valence-electron chi connectivity index (χ1n) is 6.10. The molecule has 0 saturated carbocycles. The van der Waals surface area contributed by atoms with Gasteiger partial charge < -0.3 is 10.2 Å². The van der Waals surface area contributed by atoms with Crippen LogP contribution in [0.15, 0.2) is 12.2 Å². The Morgan fingerprint density at radius 2 is 2.12 bits per heavy atom. The molecular weight excluding hydrogens is 218 g/mol. The summed E-state index contributed by atoms with van der Waals surface area (Å²) in [6, 6.07) is -0.909. The molecule has 0 radical (unpaired) electrons. The second kappa shape index (κ2) is 7.06. The minimum atomic E-state index is -0.497. The molecule has 1 unspecified atom stereocenters. The molecule has 5 heteroatoms. The molecule has 0 aromatic rings. The van der Waals surface area contributed by atoms with E-state index in [2.05, 4.69) is 29.5 Å². The van der Waals surface area contributed by atoms with Gasteiger partial charge in [-0.15, -0.1) is 0 Å². The van der Waals surface area contributed by atoms with Crippen LogP contribution in [0.2, 0.25) is 0 Å². The summed E-state index contributed by atoms with van der Waals surface area (Å²) in [7, 11) is 2.09. The van der Waals surface area contributed by atoms with Gasteiger partial charge in [0.25, 0.3) is 5.91 Å². The smallest absolute Gasteiger partial charge is 0.322 e. The highest BCUT2D eigenvalue weighted by atomic mass is 16.2. The number of rotatable bonds is 7. The van der Waals surface area contributed by atoms with Gasteiger partial charge in [0.1, 0.15) is 6.04 Å². The van der Waals surface area contributed by atoms with E-state index in [1.807, 2.05) is 6.08 Å². The number of imide groups is 1. The zero-order valence-electron chi connectivity index (χ0n) is 10.5. The summed E-state index contributed by atoms with van der Waals surface area (Å²) >= 11 is 0. The molecular formula is C12H21N3O2. The van der Waals surface area contributed by atoms with E-state index in [1.54, 1.807) is 6.08 Å². The van der Waals surface area contributed by atoms with Crippen LogP contribution in [0.25, 0.3) is 0 Å². The predicted octanol–water partition coefficient (Wildman–Crippen LogP) is 0.873. The van der Waals surface area contributed by atoms with Crippen LogP contribution in [0.4, 0.5) is 4.79 Å². The Morgan fingerprint density at radius 3 is 2.71 bits per heavy atom. The first-order chi connectivity index (χ1) is 8.13. The number of unbranched alkanes of at least 4 members (excludes halogenated alkanes) is 1. The topological polar surface area (TPSA) is 61.4 Å². The standard InChI is InChI=1S/C12H21N3O2/c1-3-4-8-15(2)9-6-5-7-10-11(16)14-12(17)13-10/h5,7,10H,3-4,6,8-9H2,1-2H3,(H2,13,14,16,17). The van der Waals surface area contributed by atoms with Crippen LogP contribution in [0.5, 0.6) is 0 Å². The van der Waals surface area contributed by atoms with Gasteiger partial charge in [-0.1, -0.05) is 25.5 Å². The van der Waals surface area contributed by atoms with Crippen LogP contribution < -0.4 is 10.6 Å². The number of urea groups is 1. The molecule has 0 aromatic carbocycles. The van der Waals surface area contributed by atoms with Crippen molar-refractivity contribution in [1.82, 2.24) is 15.5 Å². The van der Waals surface area contributed by atoms with E-state index in [-0.39, 0.29) is 5.91 Å². The predicted molar refractivity (Wildman–Crippen MR) is 66.6 cm³/mol. The number of nitrogens with one attached hydrogen (secondary N) is 2. The van der Waals surface area contributed by atoms with Gasteiger partial charge >= 0.3 is 6.03 Å². The van der Waals surface area contributed by atoms with Crippen LogP contribution in [-0.4, -0.2) is 43.0 Å². The molecule has 17 heavy (non-hydrogen) atoms. The number of amides is 3. The summed E-state index contributed by atoms with van der Waals surface area (Å²) in [6.07, 6.45) is 6.99. The quantitative estimate of drug-likeness (QED) is 0.512. The van der Waals surface area contributed by atoms with E-state index >= 15 is 0 Å². The van der Waals surface area contributed by atoms with Crippen molar-refractivity contribution in [3.05, 3.63) is 12.2 Å². The Labute approximate surface area is 102 Å². The lowest BCUT2D eigenvalue weighted by Gasteiger charge is -2.14. The zero-order chi connectivity index (χ0) is 12.7. The van der Waals surface area contributed by atoms with Crippen molar-refractivity contribution >= 4 is 11.9 Å². The van der Waals surface area contributed by atoms with Crippen molar-refractivity contribution in [2.24, 2.45) is 0 Å². The van der Waals surface area contributed by atoms with Gasteiger partial charge in [-0.25, -0.2) is 4.79 Å². The molecule has 0 aliphatic carbocycles. The largest absolute Gasteiger partial charge is 0.322 e. The van der Waals surface area contributed by atoms with Gasteiger partial charge in [0.05, 0.1) is 0 Å². The van der Waals surface area contributed by atoms with Crippen LogP contribution >= 0.6 is 0 Å². The fourth-order valence-corrected chi connectivity index (χ4v) is 1.64. The van der Waals surface area contributed by atoms with E-state index < -0.39 is 12.1 Å². The first-order valence-corrected chi connectivity index (χ1v) is 6.10. The average molecular weight is 239 g/mol. The SMILES string of the molecule is CCCCN(C)CCC=CC1NC(=O)NC1=O. The monoisotopic (exact) mass is 239 g/mol. The van der Waals surface area contributed by atoms with E-state index in [0.29, 0.717) is 0 Å².